The fraction of sp³-hybridized carbons (Fsp3) is 0.429. The molecule has 1 aliphatic rings. The fourth-order valence-corrected chi connectivity index (χ4v) is 2.68. The van der Waals surface area contributed by atoms with Crippen molar-refractivity contribution < 1.29 is 27.9 Å². The number of carbonyl (C=O) groups excluding carboxylic acids is 1. The Kier molecular flexibility index (Phi) is 4.01. The van der Waals surface area contributed by atoms with Gasteiger partial charge in [0.25, 0.3) is 5.91 Å². The van der Waals surface area contributed by atoms with Gasteiger partial charge in [0.1, 0.15) is 11.9 Å². The Morgan fingerprint density at radius 1 is 1.36 bits per heavy atom. The van der Waals surface area contributed by atoms with Crippen LogP contribution in [0.2, 0.25) is 0 Å². The maximum Gasteiger partial charge on any atom is 0.410 e. The first kappa shape index (κ1) is 17.0. The molecule has 2 aromatic heterocycles. The zero-order chi connectivity index (χ0) is 18.4. The first-order chi connectivity index (χ1) is 11.7. The minimum absolute atomic E-state index is 0.0272. The van der Waals surface area contributed by atoms with Crippen LogP contribution in [-0.2, 0) is 4.79 Å². The van der Waals surface area contributed by atoms with Crippen LogP contribution in [0.3, 0.4) is 0 Å². The minimum atomic E-state index is -4.46. The van der Waals surface area contributed by atoms with E-state index < -0.39 is 30.1 Å². The van der Waals surface area contributed by atoms with Gasteiger partial charge in [-0.05, 0) is 19.4 Å². The predicted molar refractivity (Wildman–Crippen MR) is 78.2 cm³/mol. The van der Waals surface area contributed by atoms with Gasteiger partial charge in [0, 0.05) is 18.8 Å². The van der Waals surface area contributed by atoms with Crippen molar-refractivity contribution in [1.29, 1.82) is 0 Å². The molecule has 25 heavy (non-hydrogen) atoms. The molecule has 11 heteroatoms. The van der Waals surface area contributed by atoms with Crippen molar-refractivity contribution in [2.45, 2.75) is 31.6 Å². The van der Waals surface area contributed by atoms with Crippen molar-refractivity contribution in [2.75, 3.05) is 11.4 Å². The third kappa shape index (κ3) is 2.96. The van der Waals surface area contributed by atoms with Crippen LogP contribution < -0.4 is 4.90 Å². The van der Waals surface area contributed by atoms with Gasteiger partial charge in [-0.3, -0.25) is 14.4 Å². The Labute approximate surface area is 139 Å². The van der Waals surface area contributed by atoms with E-state index in [-0.39, 0.29) is 24.5 Å². The van der Waals surface area contributed by atoms with E-state index in [1.165, 1.54) is 31.5 Å². The second-order valence-corrected chi connectivity index (χ2v) is 5.63. The lowest BCUT2D eigenvalue weighted by Gasteiger charge is -2.33. The monoisotopic (exact) mass is 357 g/mol. The van der Waals surface area contributed by atoms with Gasteiger partial charge in [0.05, 0.1) is 6.20 Å². The Morgan fingerprint density at radius 3 is 2.72 bits per heavy atom. The SMILES string of the molecule is CC(C(=O)O)n1ccc(C(=O)N2CCC(C(F)(F)F)n3nccc32)n1. The number of carboxylic acid groups (broad SMARTS) is 1. The summed E-state index contributed by atoms with van der Waals surface area (Å²) in [6.45, 7) is 1.25. The summed E-state index contributed by atoms with van der Waals surface area (Å²) < 4.78 is 41.1. The average Bonchev–Trinajstić information content (AvgIpc) is 3.20. The number of fused-ring (bicyclic) bond motifs is 1. The van der Waals surface area contributed by atoms with Crippen LogP contribution in [0.1, 0.15) is 35.9 Å². The van der Waals surface area contributed by atoms with Crippen molar-refractivity contribution >= 4 is 17.7 Å². The van der Waals surface area contributed by atoms with Crippen molar-refractivity contribution in [3.05, 3.63) is 30.2 Å². The molecule has 1 N–H and O–H groups in total. The summed E-state index contributed by atoms with van der Waals surface area (Å²) in [5, 5.41) is 16.6. The van der Waals surface area contributed by atoms with Crippen molar-refractivity contribution in [3.8, 4) is 0 Å². The number of hydrogen-bond acceptors (Lipinski definition) is 4. The zero-order valence-electron chi connectivity index (χ0n) is 13.0. The average molecular weight is 357 g/mol. The van der Waals surface area contributed by atoms with Gasteiger partial charge in [-0.2, -0.15) is 23.4 Å². The lowest BCUT2D eigenvalue weighted by Crippen LogP contribution is -2.43. The molecular formula is C14H14F3N5O3. The molecule has 0 fully saturated rings. The molecule has 1 amide bonds. The summed E-state index contributed by atoms with van der Waals surface area (Å²) in [5.41, 5.74) is -0.0497. The van der Waals surface area contributed by atoms with Crippen LogP contribution in [-0.4, -0.2) is 49.3 Å². The van der Waals surface area contributed by atoms with Crippen LogP contribution in [0.4, 0.5) is 19.0 Å². The number of aliphatic carboxylic acids is 1. The molecule has 3 rings (SSSR count). The zero-order valence-corrected chi connectivity index (χ0v) is 13.0. The third-order valence-corrected chi connectivity index (χ3v) is 4.05. The highest BCUT2D eigenvalue weighted by atomic mass is 19.4. The molecule has 0 aliphatic carbocycles. The van der Waals surface area contributed by atoms with Gasteiger partial charge in [0.15, 0.2) is 11.7 Å². The molecule has 3 heterocycles. The standard InChI is InChI=1S/C14H14F3N5O3/c1-8(13(24)25)21-7-3-9(19-21)12(23)20-6-4-10(14(15,16)17)22-11(20)2-5-18-22/h2-3,5,7-8,10H,4,6H2,1H3,(H,24,25). The number of amides is 1. The molecular weight excluding hydrogens is 343 g/mol. The predicted octanol–water partition coefficient (Wildman–Crippen LogP) is 1.88. The summed E-state index contributed by atoms with van der Waals surface area (Å²) in [5.74, 6) is -1.70. The van der Waals surface area contributed by atoms with Crippen molar-refractivity contribution in [2.24, 2.45) is 0 Å². The summed E-state index contributed by atoms with van der Waals surface area (Å²) in [7, 11) is 0. The smallest absolute Gasteiger partial charge is 0.410 e. The number of alkyl halides is 3. The van der Waals surface area contributed by atoms with Crippen LogP contribution in [0.5, 0.6) is 0 Å². The fourth-order valence-electron chi connectivity index (χ4n) is 2.68. The highest BCUT2D eigenvalue weighted by Crippen LogP contribution is 2.39. The number of halogens is 3. The molecule has 1 aliphatic heterocycles. The molecule has 8 nitrogen and oxygen atoms in total. The van der Waals surface area contributed by atoms with Gasteiger partial charge in [0.2, 0.25) is 0 Å². The van der Waals surface area contributed by atoms with E-state index in [9.17, 15) is 22.8 Å². The topological polar surface area (TPSA) is 93.2 Å². The lowest BCUT2D eigenvalue weighted by molar-refractivity contribution is -0.172. The number of carboxylic acids is 1. The minimum Gasteiger partial charge on any atom is -0.480 e. The van der Waals surface area contributed by atoms with E-state index in [0.717, 1.165) is 14.3 Å². The molecule has 0 saturated heterocycles. The first-order valence-electron chi connectivity index (χ1n) is 7.40. The number of carbonyl (C=O) groups is 2. The van der Waals surface area contributed by atoms with E-state index >= 15 is 0 Å². The van der Waals surface area contributed by atoms with E-state index in [0.29, 0.717) is 0 Å². The van der Waals surface area contributed by atoms with Crippen LogP contribution in [0.15, 0.2) is 24.5 Å². The van der Waals surface area contributed by atoms with Gasteiger partial charge in [-0.25, -0.2) is 9.48 Å². The largest absolute Gasteiger partial charge is 0.480 e. The number of aromatic nitrogens is 4. The second-order valence-electron chi connectivity index (χ2n) is 5.63. The quantitative estimate of drug-likeness (QED) is 0.905. The molecule has 0 saturated carbocycles. The summed E-state index contributed by atoms with van der Waals surface area (Å²) in [4.78, 5) is 24.7. The van der Waals surface area contributed by atoms with Gasteiger partial charge in [-0.15, -0.1) is 0 Å². The van der Waals surface area contributed by atoms with Gasteiger partial charge < -0.3 is 5.11 Å². The van der Waals surface area contributed by atoms with E-state index in [1.807, 2.05) is 0 Å². The maximum absolute atomic E-state index is 13.1. The molecule has 2 aromatic rings. The highest BCUT2D eigenvalue weighted by molar-refractivity contribution is 6.04. The maximum atomic E-state index is 13.1. The summed E-state index contributed by atoms with van der Waals surface area (Å²) in [6, 6.07) is -0.0977. The Bertz CT molecular complexity index is 813. The Morgan fingerprint density at radius 2 is 2.08 bits per heavy atom. The first-order valence-corrected chi connectivity index (χ1v) is 7.40. The normalized spacial score (nSPS) is 18.7. The summed E-state index contributed by atoms with van der Waals surface area (Å²) >= 11 is 0. The molecule has 134 valence electrons. The van der Waals surface area contributed by atoms with Crippen LogP contribution >= 0.6 is 0 Å². The number of nitrogens with zero attached hydrogens (tertiary/aromatic N) is 5. The summed E-state index contributed by atoms with van der Waals surface area (Å²) in [6.07, 6.45) is -2.25. The van der Waals surface area contributed by atoms with Crippen LogP contribution in [0.25, 0.3) is 0 Å². The molecule has 2 unspecified atom stereocenters. The van der Waals surface area contributed by atoms with Crippen molar-refractivity contribution in [1.82, 2.24) is 19.6 Å². The molecule has 0 aromatic carbocycles. The number of anilines is 1. The van der Waals surface area contributed by atoms with Gasteiger partial charge in [-0.1, -0.05) is 0 Å². The van der Waals surface area contributed by atoms with E-state index in [2.05, 4.69) is 10.2 Å². The second kappa shape index (κ2) is 5.90. The Hall–Kier alpha value is -2.85. The van der Waals surface area contributed by atoms with Crippen LogP contribution in [0, 0.1) is 0 Å². The van der Waals surface area contributed by atoms with Gasteiger partial charge >= 0.3 is 12.1 Å². The number of hydrogen-bond donors (Lipinski definition) is 1. The van der Waals surface area contributed by atoms with Crippen molar-refractivity contribution in [3.63, 3.8) is 0 Å². The Balaban J connectivity index is 1.88. The molecule has 0 radical (unpaired) electrons. The molecule has 0 bridgehead atoms. The molecule has 0 spiro atoms. The third-order valence-electron chi connectivity index (χ3n) is 4.05. The molecule has 2 atom stereocenters. The number of rotatable bonds is 3. The lowest BCUT2D eigenvalue weighted by atomic mass is 10.1. The van der Waals surface area contributed by atoms with E-state index in [1.54, 1.807) is 0 Å². The van der Waals surface area contributed by atoms with E-state index in [4.69, 9.17) is 5.11 Å². The highest BCUT2D eigenvalue weighted by Gasteiger charge is 2.46.